The third-order valence-corrected chi connectivity index (χ3v) is 4.61. The van der Waals surface area contributed by atoms with Crippen molar-refractivity contribution in [3.05, 3.63) is 81.8 Å². The van der Waals surface area contributed by atoms with Gasteiger partial charge in [0, 0.05) is 0 Å². The highest BCUT2D eigenvalue weighted by Crippen LogP contribution is 2.25. The first kappa shape index (κ1) is 16.2. The van der Waals surface area contributed by atoms with Crippen LogP contribution in [0.4, 0.5) is 0 Å². The normalized spacial score (nSPS) is 11.8. The van der Waals surface area contributed by atoms with Crippen molar-refractivity contribution >= 4 is 17.2 Å². The zero-order valence-electron chi connectivity index (χ0n) is 13.5. The molecule has 0 spiro atoms. The van der Waals surface area contributed by atoms with Crippen molar-refractivity contribution in [2.24, 2.45) is 0 Å². The van der Waals surface area contributed by atoms with E-state index in [2.05, 4.69) is 10.3 Å². The van der Waals surface area contributed by atoms with Crippen LogP contribution in [0.5, 0.6) is 5.75 Å². The van der Waals surface area contributed by atoms with Gasteiger partial charge in [0.25, 0.3) is 5.91 Å². The Bertz CT molecular complexity index is 813. The van der Waals surface area contributed by atoms with E-state index in [1.54, 1.807) is 13.3 Å². The maximum atomic E-state index is 12.6. The van der Waals surface area contributed by atoms with E-state index in [0.717, 1.165) is 21.9 Å². The minimum atomic E-state index is -0.230. The summed E-state index contributed by atoms with van der Waals surface area (Å²) in [5, 5.41) is 3.98. The lowest BCUT2D eigenvalue weighted by Crippen LogP contribution is -2.28. The minimum Gasteiger partial charge on any atom is -0.497 e. The Balaban J connectivity index is 1.91. The number of rotatable bonds is 5. The van der Waals surface area contributed by atoms with E-state index in [9.17, 15) is 4.79 Å². The molecule has 0 bridgehead atoms. The van der Waals surface area contributed by atoms with E-state index < -0.39 is 0 Å². The Kier molecular flexibility index (Phi) is 4.91. The highest BCUT2D eigenvalue weighted by Gasteiger charge is 2.19. The molecule has 24 heavy (non-hydrogen) atoms. The number of aromatic nitrogens is 1. The molecule has 1 atom stereocenters. The molecular weight excluding hydrogens is 320 g/mol. The van der Waals surface area contributed by atoms with Crippen molar-refractivity contribution in [3.8, 4) is 5.75 Å². The molecule has 3 rings (SSSR count). The van der Waals surface area contributed by atoms with E-state index in [0.29, 0.717) is 4.88 Å². The number of methoxy groups -OCH3 is 1. The van der Waals surface area contributed by atoms with Gasteiger partial charge in [0.15, 0.2) is 0 Å². The highest BCUT2D eigenvalue weighted by atomic mass is 32.1. The molecule has 0 aliphatic heterocycles. The summed E-state index contributed by atoms with van der Waals surface area (Å²) in [6.45, 7) is 1.89. The van der Waals surface area contributed by atoms with Gasteiger partial charge in [-0.1, -0.05) is 42.5 Å². The van der Waals surface area contributed by atoms with Gasteiger partial charge in [0.1, 0.15) is 10.6 Å². The van der Waals surface area contributed by atoms with Crippen LogP contribution in [0, 0.1) is 6.92 Å². The Morgan fingerprint density at radius 3 is 2.33 bits per heavy atom. The lowest BCUT2D eigenvalue weighted by molar-refractivity contribution is 0.0947. The monoisotopic (exact) mass is 338 g/mol. The molecule has 1 heterocycles. The quantitative estimate of drug-likeness (QED) is 0.765. The predicted molar refractivity (Wildman–Crippen MR) is 95.6 cm³/mol. The number of carbonyl (C=O) groups is 1. The van der Waals surface area contributed by atoms with Gasteiger partial charge in [-0.3, -0.25) is 4.79 Å². The van der Waals surface area contributed by atoms with Crippen molar-refractivity contribution in [1.29, 1.82) is 0 Å². The lowest BCUT2D eigenvalue weighted by Gasteiger charge is -2.19. The van der Waals surface area contributed by atoms with E-state index in [-0.39, 0.29) is 11.9 Å². The number of nitrogens with zero attached hydrogens (tertiary/aromatic N) is 1. The molecule has 0 aliphatic rings. The van der Waals surface area contributed by atoms with Crippen LogP contribution >= 0.6 is 11.3 Å². The first-order valence-corrected chi connectivity index (χ1v) is 8.41. The number of aryl methyl sites for hydroxylation is 1. The van der Waals surface area contributed by atoms with E-state index in [4.69, 9.17) is 4.74 Å². The number of amides is 1. The van der Waals surface area contributed by atoms with Gasteiger partial charge in [0.05, 0.1) is 24.4 Å². The van der Waals surface area contributed by atoms with Crippen LogP contribution in [-0.4, -0.2) is 18.0 Å². The van der Waals surface area contributed by atoms with Crippen molar-refractivity contribution < 1.29 is 9.53 Å². The van der Waals surface area contributed by atoms with Gasteiger partial charge in [-0.2, -0.15) is 0 Å². The first-order chi connectivity index (χ1) is 11.7. The average Bonchev–Trinajstić information content (AvgIpc) is 3.07. The van der Waals surface area contributed by atoms with Gasteiger partial charge in [-0.05, 0) is 30.2 Å². The van der Waals surface area contributed by atoms with Crippen molar-refractivity contribution in [2.45, 2.75) is 13.0 Å². The molecule has 0 saturated heterocycles. The molecule has 0 fully saturated rings. The fraction of sp³-hybridized carbons (Fsp3) is 0.158. The summed E-state index contributed by atoms with van der Waals surface area (Å²) < 4.78 is 5.21. The van der Waals surface area contributed by atoms with E-state index in [1.807, 2.05) is 61.5 Å². The second-order valence-electron chi connectivity index (χ2n) is 5.33. The maximum Gasteiger partial charge on any atom is 0.263 e. The third-order valence-electron chi connectivity index (χ3n) is 3.70. The Labute approximate surface area is 145 Å². The number of ether oxygens (including phenoxy) is 1. The van der Waals surface area contributed by atoms with Crippen LogP contribution in [0.3, 0.4) is 0 Å². The van der Waals surface area contributed by atoms with Crippen molar-refractivity contribution in [2.75, 3.05) is 7.11 Å². The molecule has 2 aromatic carbocycles. The summed E-state index contributed by atoms with van der Waals surface area (Å²) in [6.07, 6.45) is 1.62. The highest BCUT2D eigenvalue weighted by molar-refractivity contribution is 7.13. The van der Waals surface area contributed by atoms with Gasteiger partial charge in [-0.15, -0.1) is 11.3 Å². The molecule has 3 aromatic rings. The molecule has 1 N–H and O–H groups in total. The number of thiazole rings is 1. The number of hydrogen-bond donors (Lipinski definition) is 1. The van der Waals surface area contributed by atoms with Crippen LogP contribution in [0.15, 0.2) is 60.8 Å². The largest absolute Gasteiger partial charge is 0.497 e. The number of carbonyl (C=O) groups excluding carboxylic acids is 1. The molecule has 5 heteroatoms. The second kappa shape index (κ2) is 7.27. The SMILES string of the molecule is COc1ccc([C@@H](NC(=O)c2cnc(C)s2)c2ccccc2)cc1. The van der Waals surface area contributed by atoms with Crippen LogP contribution < -0.4 is 10.1 Å². The lowest BCUT2D eigenvalue weighted by atomic mass is 9.98. The molecule has 0 radical (unpaired) electrons. The maximum absolute atomic E-state index is 12.6. The second-order valence-corrected chi connectivity index (χ2v) is 6.57. The predicted octanol–water partition coefficient (Wildman–Crippen LogP) is 3.98. The summed E-state index contributed by atoms with van der Waals surface area (Å²) in [4.78, 5) is 17.3. The summed E-state index contributed by atoms with van der Waals surface area (Å²) in [5.74, 6) is 0.667. The summed E-state index contributed by atoms with van der Waals surface area (Å²) in [7, 11) is 1.64. The topological polar surface area (TPSA) is 51.2 Å². The summed E-state index contributed by atoms with van der Waals surface area (Å²) in [6, 6.07) is 17.4. The van der Waals surface area contributed by atoms with Gasteiger partial charge < -0.3 is 10.1 Å². The molecule has 4 nitrogen and oxygen atoms in total. The molecule has 1 aromatic heterocycles. The molecular formula is C19H18N2O2S. The van der Waals surface area contributed by atoms with Gasteiger partial charge >= 0.3 is 0 Å². The van der Waals surface area contributed by atoms with Crippen molar-refractivity contribution in [1.82, 2.24) is 10.3 Å². The summed E-state index contributed by atoms with van der Waals surface area (Å²) in [5.41, 5.74) is 2.02. The standard InChI is InChI=1S/C19H18N2O2S/c1-13-20-12-17(24-13)19(22)21-18(14-6-4-3-5-7-14)15-8-10-16(23-2)11-9-15/h3-12,18H,1-2H3,(H,21,22)/t18-/m0/s1. The zero-order chi connectivity index (χ0) is 16.9. The van der Waals surface area contributed by atoms with E-state index in [1.165, 1.54) is 11.3 Å². The Morgan fingerprint density at radius 1 is 1.08 bits per heavy atom. The minimum absolute atomic E-state index is 0.120. The molecule has 0 unspecified atom stereocenters. The number of benzene rings is 2. The number of nitrogens with one attached hydrogen (secondary N) is 1. The Hall–Kier alpha value is -2.66. The van der Waals surface area contributed by atoms with Gasteiger partial charge in [-0.25, -0.2) is 4.98 Å². The summed E-state index contributed by atoms with van der Waals surface area (Å²) >= 11 is 1.39. The Morgan fingerprint density at radius 2 is 1.75 bits per heavy atom. The molecule has 0 aliphatic carbocycles. The molecule has 0 saturated carbocycles. The number of hydrogen-bond acceptors (Lipinski definition) is 4. The van der Waals surface area contributed by atoms with Crippen LogP contribution in [0.25, 0.3) is 0 Å². The van der Waals surface area contributed by atoms with Crippen LogP contribution in [0.2, 0.25) is 0 Å². The molecule has 122 valence electrons. The fourth-order valence-corrected chi connectivity index (χ4v) is 3.15. The smallest absolute Gasteiger partial charge is 0.263 e. The molecule has 1 amide bonds. The first-order valence-electron chi connectivity index (χ1n) is 7.59. The van der Waals surface area contributed by atoms with Crippen molar-refractivity contribution in [3.63, 3.8) is 0 Å². The van der Waals surface area contributed by atoms with E-state index >= 15 is 0 Å². The third kappa shape index (κ3) is 3.63. The average molecular weight is 338 g/mol. The van der Waals surface area contributed by atoms with Crippen LogP contribution in [-0.2, 0) is 0 Å². The van der Waals surface area contributed by atoms with Gasteiger partial charge in [0.2, 0.25) is 0 Å². The fourth-order valence-electron chi connectivity index (χ4n) is 2.47. The zero-order valence-corrected chi connectivity index (χ0v) is 14.3. The van der Waals surface area contributed by atoms with Crippen LogP contribution in [0.1, 0.15) is 31.8 Å².